The van der Waals surface area contributed by atoms with E-state index in [-0.39, 0.29) is 24.9 Å². The average Bonchev–Trinajstić information content (AvgIpc) is 3.34. The van der Waals surface area contributed by atoms with E-state index in [1.54, 1.807) is 0 Å². The molecular weight excluding hydrogens is 916 g/mol. The van der Waals surface area contributed by atoms with Crippen molar-refractivity contribution < 1.29 is 37.3 Å². The SMILES string of the molecule is CCCCC/C=C\C/C=C\C/C=C\CCCCCCC(=O)OC(/C=C/CCCCCCCCCCCCC)C(COP(=O)([O-])OCC[N+](C)(C)C)NC(=O)CCCCCCC/C=C/CCCCCCCCC. The van der Waals surface area contributed by atoms with Gasteiger partial charge in [-0.15, -0.1) is 0 Å². The Kier molecular flexibility index (Phi) is 50.5. The Morgan fingerprint density at radius 2 is 0.847 bits per heavy atom. The number of carbonyl (C=O) groups is 2. The molecule has 0 bridgehead atoms. The first-order valence-electron chi connectivity index (χ1n) is 30.1. The van der Waals surface area contributed by atoms with E-state index < -0.39 is 26.6 Å². The van der Waals surface area contributed by atoms with E-state index >= 15 is 0 Å². The van der Waals surface area contributed by atoms with E-state index in [1.165, 1.54) is 135 Å². The zero-order chi connectivity index (χ0) is 52.9. The molecule has 0 aromatic rings. The zero-order valence-corrected chi connectivity index (χ0v) is 48.8. The van der Waals surface area contributed by atoms with E-state index in [9.17, 15) is 19.0 Å². The van der Waals surface area contributed by atoms with Crippen molar-refractivity contribution in [1.29, 1.82) is 0 Å². The third kappa shape index (κ3) is 52.6. The number of nitrogens with zero attached hydrogens (tertiary/aromatic N) is 1. The van der Waals surface area contributed by atoms with E-state index in [2.05, 4.69) is 74.7 Å². The molecule has 3 unspecified atom stereocenters. The van der Waals surface area contributed by atoms with Gasteiger partial charge in [0.1, 0.15) is 19.3 Å². The van der Waals surface area contributed by atoms with Crippen LogP contribution < -0.4 is 10.2 Å². The molecule has 10 heteroatoms. The van der Waals surface area contributed by atoms with Crippen LogP contribution in [0.5, 0.6) is 0 Å². The number of phosphoric acid groups is 1. The minimum Gasteiger partial charge on any atom is -0.756 e. The number of phosphoric ester groups is 1. The number of ether oxygens (including phenoxy) is 1. The summed E-state index contributed by atoms with van der Waals surface area (Å²) in [6.45, 7) is 6.80. The molecule has 0 aromatic carbocycles. The summed E-state index contributed by atoms with van der Waals surface area (Å²) in [6, 6.07) is -0.902. The number of quaternary nitrogens is 1. The molecule has 0 radical (unpaired) electrons. The summed E-state index contributed by atoms with van der Waals surface area (Å²) in [5.41, 5.74) is 0. The minimum atomic E-state index is -4.70. The van der Waals surface area contributed by atoms with Crippen LogP contribution in [0.15, 0.2) is 60.8 Å². The lowest BCUT2D eigenvalue weighted by Crippen LogP contribution is -2.47. The number of likely N-dealkylation sites (N-methyl/N-ethyl adjacent to an activating group) is 1. The minimum absolute atomic E-state index is 0.0287. The maximum absolute atomic E-state index is 13.5. The molecule has 420 valence electrons. The van der Waals surface area contributed by atoms with Crippen LogP contribution in [0, 0.1) is 0 Å². The second-order valence-corrected chi connectivity index (χ2v) is 22.9. The lowest BCUT2D eigenvalue weighted by molar-refractivity contribution is -0.870. The van der Waals surface area contributed by atoms with Crippen molar-refractivity contribution in [2.75, 3.05) is 40.9 Å². The van der Waals surface area contributed by atoms with Crippen LogP contribution in [0.4, 0.5) is 0 Å². The molecule has 0 aliphatic carbocycles. The number of amides is 1. The third-order valence-corrected chi connectivity index (χ3v) is 14.1. The van der Waals surface area contributed by atoms with Crippen molar-refractivity contribution in [1.82, 2.24) is 5.32 Å². The van der Waals surface area contributed by atoms with Crippen LogP contribution in [-0.2, 0) is 27.9 Å². The van der Waals surface area contributed by atoms with Crippen molar-refractivity contribution >= 4 is 19.7 Å². The van der Waals surface area contributed by atoms with Crippen molar-refractivity contribution in [2.24, 2.45) is 0 Å². The molecule has 1 amide bonds. The number of unbranched alkanes of at least 4 members (excludes halogenated alkanes) is 30. The molecule has 9 nitrogen and oxygen atoms in total. The van der Waals surface area contributed by atoms with Crippen molar-refractivity contribution in [2.45, 2.75) is 283 Å². The molecule has 1 N–H and O–H groups in total. The number of hydrogen-bond donors (Lipinski definition) is 1. The molecule has 0 spiro atoms. The molecule has 0 aliphatic heterocycles. The lowest BCUT2D eigenvalue weighted by atomic mass is 10.0. The highest BCUT2D eigenvalue weighted by molar-refractivity contribution is 7.45. The van der Waals surface area contributed by atoms with Crippen LogP contribution in [0.3, 0.4) is 0 Å². The molecule has 0 aliphatic rings. The molecule has 72 heavy (non-hydrogen) atoms. The number of nitrogens with one attached hydrogen (secondary N) is 1. The summed E-state index contributed by atoms with van der Waals surface area (Å²) in [5, 5.41) is 3.02. The van der Waals surface area contributed by atoms with Gasteiger partial charge in [0, 0.05) is 12.8 Å². The van der Waals surface area contributed by atoms with Crippen molar-refractivity contribution in [3.8, 4) is 0 Å². The molecule has 0 rings (SSSR count). The predicted molar refractivity (Wildman–Crippen MR) is 307 cm³/mol. The lowest BCUT2D eigenvalue weighted by Gasteiger charge is -2.30. The van der Waals surface area contributed by atoms with E-state index in [0.29, 0.717) is 23.9 Å². The van der Waals surface area contributed by atoms with Gasteiger partial charge in [0.15, 0.2) is 0 Å². The van der Waals surface area contributed by atoms with E-state index in [0.717, 1.165) is 96.3 Å². The average molecular weight is 1030 g/mol. The van der Waals surface area contributed by atoms with E-state index in [4.69, 9.17) is 13.8 Å². The summed E-state index contributed by atoms with van der Waals surface area (Å²) in [4.78, 5) is 39.9. The Morgan fingerprint density at radius 1 is 0.486 bits per heavy atom. The Bertz CT molecular complexity index is 1420. The Hall–Kier alpha value is -2.29. The number of hydrogen-bond acceptors (Lipinski definition) is 7. The highest BCUT2D eigenvalue weighted by Gasteiger charge is 2.27. The first-order chi connectivity index (χ1) is 34.9. The van der Waals surface area contributed by atoms with Gasteiger partial charge < -0.3 is 28.5 Å². The van der Waals surface area contributed by atoms with Crippen molar-refractivity contribution in [3.05, 3.63) is 60.8 Å². The molecule has 0 saturated carbocycles. The fourth-order valence-corrected chi connectivity index (χ4v) is 9.19. The van der Waals surface area contributed by atoms with Gasteiger partial charge in [-0.2, -0.15) is 0 Å². The number of carbonyl (C=O) groups excluding carboxylic acids is 2. The van der Waals surface area contributed by atoms with Gasteiger partial charge in [-0.1, -0.05) is 223 Å². The predicted octanol–water partition coefficient (Wildman–Crippen LogP) is 17.6. The molecular formula is C62H115N2O7P. The standard InChI is InChI=1S/C62H115N2O7P/c1-7-10-13-16-19-22-25-28-30-32-34-37-40-43-46-49-52-55-62(66)71-60(53-50-47-44-41-38-35-27-24-21-18-15-12-9-3)59(58-70-72(67,68)69-57-56-64(4,5)6)63-61(65)54-51-48-45-42-39-36-33-31-29-26-23-20-17-14-11-8-2/h19,22,28,30-31,33-34,37,50,53,59-60H,7-18,20-21,23-27,29,32,35-36,38-49,51-52,54-58H2,1-6H3,(H-,63,65,67,68)/b22-19-,30-28-,33-31+,37-34-,53-50+. The summed E-state index contributed by atoms with van der Waals surface area (Å²) in [6.07, 6.45) is 64.6. The second kappa shape index (κ2) is 52.2. The Labute approximate surface area is 445 Å². The van der Waals surface area contributed by atoms with Gasteiger partial charge in [0.05, 0.1) is 33.8 Å². The highest BCUT2D eigenvalue weighted by atomic mass is 31.2. The number of esters is 1. The smallest absolute Gasteiger partial charge is 0.306 e. The summed E-state index contributed by atoms with van der Waals surface area (Å²) < 4.78 is 30.3. The fraction of sp³-hybridized carbons (Fsp3) is 0.806. The first-order valence-corrected chi connectivity index (χ1v) is 31.6. The Morgan fingerprint density at radius 3 is 1.31 bits per heavy atom. The maximum Gasteiger partial charge on any atom is 0.306 e. The van der Waals surface area contributed by atoms with Gasteiger partial charge in [-0.25, -0.2) is 0 Å². The number of allylic oxidation sites excluding steroid dienone is 9. The molecule has 3 atom stereocenters. The molecule has 0 saturated heterocycles. The fourth-order valence-electron chi connectivity index (χ4n) is 8.46. The first kappa shape index (κ1) is 69.7. The topological polar surface area (TPSA) is 114 Å². The molecule has 0 aromatic heterocycles. The second-order valence-electron chi connectivity index (χ2n) is 21.5. The Balaban J connectivity index is 5.39. The summed E-state index contributed by atoms with van der Waals surface area (Å²) in [7, 11) is 1.17. The van der Waals surface area contributed by atoms with Gasteiger partial charge in [-0.3, -0.25) is 14.2 Å². The zero-order valence-electron chi connectivity index (χ0n) is 47.9. The third-order valence-electron chi connectivity index (χ3n) is 13.2. The van der Waals surface area contributed by atoms with Crippen LogP contribution >= 0.6 is 7.82 Å². The van der Waals surface area contributed by atoms with Gasteiger partial charge in [0.2, 0.25) is 5.91 Å². The monoisotopic (exact) mass is 1030 g/mol. The van der Waals surface area contributed by atoms with E-state index in [1.807, 2.05) is 33.3 Å². The maximum atomic E-state index is 13.5. The number of rotatable bonds is 54. The highest BCUT2D eigenvalue weighted by Crippen LogP contribution is 2.38. The summed E-state index contributed by atoms with van der Waals surface area (Å²) >= 11 is 0. The van der Waals surface area contributed by atoms with Crippen molar-refractivity contribution in [3.63, 3.8) is 0 Å². The molecule has 0 heterocycles. The van der Waals surface area contributed by atoms with Crippen LogP contribution in [0.1, 0.15) is 271 Å². The van der Waals surface area contributed by atoms with Gasteiger partial charge in [-0.05, 0) is 96.0 Å². The van der Waals surface area contributed by atoms with Gasteiger partial charge in [0.25, 0.3) is 7.82 Å². The van der Waals surface area contributed by atoms with Crippen LogP contribution in [0.2, 0.25) is 0 Å². The molecule has 0 fully saturated rings. The van der Waals surface area contributed by atoms with Crippen LogP contribution in [-0.4, -0.2) is 69.4 Å². The largest absolute Gasteiger partial charge is 0.756 e. The van der Waals surface area contributed by atoms with Gasteiger partial charge >= 0.3 is 5.97 Å². The summed E-state index contributed by atoms with van der Waals surface area (Å²) in [5.74, 6) is -0.572. The quantitative estimate of drug-likeness (QED) is 0.0212. The van der Waals surface area contributed by atoms with Crippen LogP contribution in [0.25, 0.3) is 0 Å². The normalized spacial score (nSPS) is 14.2.